The third-order valence-corrected chi connectivity index (χ3v) is 7.52. The molecule has 4 aromatic rings. The number of nitrogens with one attached hydrogen (secondary N) is 2. The Labute approximate surface area is 266 Å². The lowest BCUT2D eigenvalue weighted by atomic mass is 10.1. The van der Waals surface area contributed by atoms with Gasteiger partial charge in [-0.3, -0.25) is 9.59 Å². The molecule has 0 radical (unpaired) electrons. The van der Waals surface area contributed by atoms with Gasteiger partial charge in [-0.05, 0) is 64.3 Å². The van der Waals surface area contributed by atoms with E-state index in [1.165, 1.54) is 16.2 Å². The van der Waals surface area contributed by atoms with Crippen molar-refractivity contribution in [2.24, 2.45) is 0 Å². The number of aromatic nitrogens is 3. The molecule has 0 saturated heterocycles. The molecular formula is C32H40N6O6S. The average Bonchev–Trinajstić information content (AvgIpc) is 3.60. The number of aryl methyl sites for hydroxylation is 1. The Hall–Kier alpha value is -4.52. The van der Waals surface area contributed by atoms with Gasteiger partial charge < -0.3 is 29.5 Å². The van der Waals surface area contributed by atoms with E-state index in [0.29, 0.717) is 54.0 Å². The Bertz CT molecular complexity index is 1630. The quantitative estimate of drug-likeness (QED) is 0.174. The molecule has 0 aliphatic carbocycles. The number of anilines is 1. The fourth-order valence-electron chi connectivity index (χ4n) is 4.41. The second-order valence-corrected chi connectivity index (χ2v) is 12.7. The summed E-state index contributed by atoms with van der Waals surface area (Å²) in [4.78, 5) is 49.3. The molecule has 13 heteroatoms. The van der Waals surface area contributed by atoms with Gasteiger partial charge in [-0.25, -0.2) is 9.78 Å². The van der Waals surface area contributed by atoms with Crippen LogP contribution in [0.3, 0.4) is 0 Å². The lowest BCUT2D eigenvalue weighted by Gasteiger charge is -2.25. The number of hydrogen-bond donors (Lipinski definition) is 2. The Morgan fingerprint density at radius 1 is 1.11 bits per heavy atom. The van der Waals surface area contributed by atoms with Crippen LogP contribution in [0.4, 0.5) is 9.93 Å². The van der Waals surface area contributed by atoms with Crippen LogP contribution < -0.4 is 15.4 Å². The predicted molar refractivity (Wildman–Crippen MR) is 172 cm³/mol. The highest BCUT2D eigenvalue weighted by Crippen LogP contribution is 2.34. The maximum absolute atomic E-state index is 13.4. The van der Waals surface area contributed by atoms with Gasteiger partial charge >= 0.3 is 6.09 Å². The minimum atomic E-state index is -0.613. The van der Waals surface area contributed by atoms with Gasteiger partial charge in [-0.2, -0.15) is 4.98 Å². The summed E-state index contributed by atoms with van der Waals surface area (Å²) in [6, 6.07) is 12.0. The van der Waals surface area contributed by atoms with Gasteiger partial charge in [-0.1, -0.05) is 41.6 Å². The van der Waals surface area contributed by atoms with Crippen molar-refractivity contribution >= 4 is 44.6 Å². The van der Waals surface area contributed by atoms with E-state index in [1.807, 2.05) is 45.9 Å². The van der Waals surface area contributed by atoms with E-state index in [1.54, 1.807) is 38.2 Å². The smallest absolute Gasteiger partial charge is 0.410 e. The van der Waals surface area contributed by atoms with Crippen LogP contribution in [0.1, 0.15) is 69.6 Å². The number of carbonyl (C=O) groups is 3. The van der Waals surface area contributed by atoms with E-state index in [9.17, 15) is 14.4 Å². The van der Waals surface area contributed by atoms with Crippen LogP contribution in [0.25, 0.3) is 21.6 Å². The van der Waals surface area contributed by atoms with Crippen LogP contribution in [0.15, 0.2) is 47.0 Å². The summed E-state index contributed by atoms with van der Waals surface area (Å²) in [7, 11) is 1.66. The van der Waals surface area contributed by atoms with Crippen LogP contribution in [0.5, 0.6) is 5.75 Å². The molecular weight excluding hydrogens is 596 g/mol. The Morgan fingerprint density at radius 3 is 2.60 bits per heavy atom. The number of amides is 3. The Balaban J connectivity index is 1.45. The highest BCUT2D eigenvalue weighted by Gasteiger charge is 2.22. The third kappa shape index (κ3) is 9.73. The number of hydrogen-bond acceptors (Lipinski definition) is 10. The van der Waals surface area contributed by atoms with Gasteiger partial charge in [0.15, 0.2) is 5.13 Å². The van der Waals surface area contributed by atoms with E-state index >= 15 is 0 Å². The first-order chi connectivity index (χ1) is 21.4. The number of thiazole rings is 1. The number of benzene rings is 2. The first-order valence-electron chi connectivity index (χ1n) is 14.9. The molecule has 0 saturated carbocycles. The SMILES string of the molecule is CCCOc1cccc2nc(NC(=O)C[C@H](CCCN(C)C(=O)OC(C)(C)C)NC(=O)c3cccc(-c4noc(C)n4)c3)sc12. The number of nitrogens with zero attached hydrogens (tertiary/aromatic N) is 4. The highest BCUT2D eigenvalue weighted by molar-refractivity contribution is 7.22. The first-order valence-corrected chi connectivity index (χ1v) is 15.7. The van der Waals surface area contributed by atoms with Crippen molar-refractivity contribution in [3.8, 4) is 17.1 Å². The van der Waals surface area contributed by atoms with E-state index < -0.39 is 17.7 Å². The zero-order chi connectivity index (χ0) is 32.6. The van der Waals surface area contributed by atoms with Crippen LogP contribution in [-0.4, -0.2) is 69.8 Å². The van der Waals surface area contributed by atoms with Crippen molar-refractivity contribution in [3.05, 3.63) is 53.9 Å². The minimum Gasteiger partial charge on any atom is -0.492 e. The van der Waals surface area contributed by atoms with Gasteiger partial charge in [-0.15, -0.1) is 0 Å². The summed E-state index contributed by atoms with van der Waals surface area (Å²) in [5, 5.41) is 10.3. The predicted octanol–water partition coefficient (Wildman–Crippen LogP) is 6.22. The lowest BCUT2D eigenvalue weighted by molar-refractivity contribution is -0.116. The average molecular weight is 637 g/mol. The van der Waals surface area contributed by atoms with E-state index in [0.717, 1.165) is 22.4 Å². The summed E-state index contributed by atoms with van der Waals surface area (Å²) in [6.45, 7) is 10.1. The molecule has 0 aliphatic heterocycles. The minimum absolute atomic E-state index is 0.000730. The molecule has 12 nitrogen and oxygen atoms in total. The van der Waals surface area contributed by atoms with Crippen molar-refractivity contribution in [2.45, 2.75) is 71.9 Å². The number of rotatable bonds is 13. The number of carbonyl (C=O) groups excluding carboxylic acids is 3. The molecule has 0 unspecified atom stereocenters. The third-order valence-electron chi connectivity index (χ3n) is 6.52. The molecule has 1 atom stereocenters. The molecule has 45 heavy (non-hydrogen) atoms. The van der Waals surface area contributed by atoms with Gasteiger partial charge in [0, 0.05) is 44.1 Å². The molecule has 0 aliphatic rings. The number of ether oxygens (including phenoxy) is 2. The monoisotopic (exact) mass is 636 g/mol. The molecule has 240 valence electrons. The van der Waals surface area contributed by atoms with Gasteiger partial charge in [0.25, 0.3) is 5.91 Å². The molecule has 2 aromatic carbocycles. The summed E-state index contributed by atoms with van der Waals surface area (Å²) in [5.41, 5.74) is 1.14. The van der Waals surface area contributed by atoms with Crippen LogP contribution in [0, 0.1) is 6.92 Å². The van der Waals surface area contributed by atoms with E-state index in [4.69, 9.17) is 14.0 Å². The van der Waals surface area contributed by atoms with Crippen LogP contribution in [0.2, 0.25) is 0 Å². The fraction of sp³-hybridized carbons (Fsp3) is 0.438. The summed E-state index contributed by atoms with van der Waals surface area (Å²) in [6.07, 6.45) is 1.40. The standard InChI is InChI=1S/C32H40N6O6S/c1-7-17-42-25-15-9-14-24-27(25)45-30(35-24)36-26(39)19-23(13-10-16-38(6)31(41)43-32(3,4)5)34-29(40)22-12-8-11-21(18-22)28-33-20(2)44-37-28/h8-9,11-12,14-15,18,23H,7,10,13,16-17,19H2,1-6H3,(H,34,40)(H,35,36,39)/t23-/m0/s1. The zero-order valence-electron chi connectivity index (χ0n) is 26.5. The molecule has 3 amide bonds. The lowest BCUT2D eigenvalue weighted by Crippen LogP contribution is -2.39. The number of fused-ring (bicyclic) bond motifs is 1. The Morgan fingerprint density at radius 2 is 1.89 bits per heavy atom. The fourth-order valence-corrected chi connectivity index (χ4v) is 5.36. The second kappa shape index (κ2) is 15.0. The highest BCUT2D eigenvalue weighted by atomic mass is 32.1. The molecule has 0 fully saturated rings. The molecule has 4 rings (SSSR count). The topological polar surface area (TPSA) is 149 Å². The largest absolute Gasteiger partial charge is 0.492 e. The zero-order valence-corrected chi connectivity index (χ0v) is 27.3. The van der Waals surface area contributed by atoms with Gasteiger partial charge in [0.05, 0.1) is 16.8 Å². The Kier molecular flexibility index (Phi) is 11.1. The summed E-state index contributed by atoms with van der Waals surface area (Å²) in [5.74, 6) is 0.868. The van der Waals surface area contributed by atoms with Crippen LogP contribution in [-0.2, 0) is 9.53 Å². The summed E-state index contributed by atoms with van der Waals surface area (Å²) < 4.78 is 17.2. The van der Waals surface area contributed by atoms with E-state index in [2.05, 4.69) is 25.8 Å². The van der Waals surface area contributed by atoms with Gasteiger partial charge in [0.2, 0.25) is 17.6 Å². The molecule has 2 N–H and O–H groups in total. The molecule has 2 aromatic heterocycles. The van der Waals surface area contributed by atoms with Crippen LogP contribution >= 0.6 is 11.3 Å². The van der Waals surface area contributed by atoms with Crippen molar-refractivity contribution < 1.29 is 28.4 Å². The summed E-state index contributed by atoms with van der Waals surface area (Å²) >= 11 is 1.34. The van der Waals surface area contributed by atoms with Crippen molar-refractivity contribution in [1.82, 2.24) is 25.3 Å². The second-order valence-electron chi connectivity index (χ2n) is 11.7. The van der Waals surface area contributed by atoms with Gasteiger partial charge in [0.1, 0.15) is 11.4 Å². The van der Waals surface area contributed by atoms with Crippen molar-refractivity contribution in [1.29, 1.82) is 0 Å². The molecule has 2 heterocycles. The van der Waals surface area contributed by atoms with Crippen molar-refractivity contribution in [2.75, 3.05) is 25.5 Å². The molecule has 0 bridgehead atoms. The normalized spacial score (nSPS) is 12.0. The van der Waals surface area contributed by atoms with Crippen molar-refractivity contribution in [3.63, 3.8) is 0 Å². The maximum Gasteiger partial charge on any atom is 0.410 e. The first kappa shape index (κ1) is 33.4. The molecule has 0 spiro atoms. The maximum atomic E-state index is 13.4. The van der Waals surface area contributed by atoms with E-state index in [-0.39, 0.29) is 18.2 Å².